The molecule has 0 unspecified atom stereocenters. The van der Waals surface area contributed by atoms with Gasteiger partial charge >= 0.3 is 0 Å². The number of fused-ring (bicyclic) bond motifs is 10. The largest absolute Gasteiger partial charge is 0.483 e. The first-order valence-electron chi connectivity index (χ1n) is 23.8. The van der Waals surface area contributed by atoms with Crippen LogP contribution in [0.4, 0.5) is 5.69 Å². The first-order valence-corrected chi connectivity index (χ1v) is 23.8. The molecule has 13 heterocycles. The minimum absolute atomic E-state index is 0.0203. The highest BCUT2D eigenvalue weighted by atomic mass is 16.5. The van der Waals surface area contributed by atoms with E-state index in [-0.39, 0.29) is 29.5 Å². The zero-order chi connectivity index (χ0) is 44.1. The molecule has 2 N–H and O–H groups in total. The van der Waals surface area contributed by atoms with E-state index >= 15 is 19.2 Å². The van der Waals surface area contributed by atoms with Crippen molar-refractivity contribution in [1.82, 2.24) is 25.0 Å². The van der Waals surface area contributed by atoms with Gasteiger partial charge in [-0.2, -0.15) is 0 Å². The molecule has 1 saturated carbocycles. The fourth-order valence-corrected chi connectivity index (χ4v) is 17.5. The van der Waals surface area contributed by atoms with Gasteiger partial charge in [0.2, 0.25) is 17.7 Å². The number of hydrogen-bond donors (Lipinski definition) is 2. The number of rotatable bonds is 0. The van der Waals surface area contributed by atoms with Crippen molar-refractivity contribution in [2.45, 2.75) is 150 Å². The topological polar surface area (TPSA) is 137 Å². The number of nitrogens with zero attached hydrogens (tertiary/aromatic N) is 4. The van der Waals surface area contributed by atoms with E-state index in [1.807, 2.05) is 34.6 Å². The number of carbonyl (C=O) groups is 4. The number of nitrogens with one attached hydrogen (secondary N) is 2. The van der Waals surface area contributed by atoms with Crippen LogP contribution in [0.25, 0.3) is 23.1 Å². The second-order valence-electron chi connectivity index (χ2n) is 23.9. The van der Waals surface area contributed by atoms with Crippen molar-refractivity contribution < 1.29 is 28.7 Å². The van der Waals surface area contributed by atoms with Crippen LogP contribution >= 0.6 is 0 Å². The van der Waals surface area contributed by atoms with E-state index in [0.717, 1.165) is 74.6 Å². The van der Waals surface area contributed by atoms with Crippen LogP contribution in [0.3, 0.4) is 0 Å². The Morgan fingerprint density at radius 1 is 0.719 bits per heavy atom. The van der Waals surface area contributed by atoms with E-state index in [9.17, 15) is 0 Å². The second-order valence-corrected chi connectivity index (χ2v) is 23.9. The summed E-state index contributed by atoms with van der Waals surface area (Å²) in [5, 5.41) is 4.56. The zero-order valence-corrected chi connectivity index (χ0v) is 37.8. The third-order valence-corrected chi connectivity index (χ3v) is 19.7. The monoisotopic (exact) mass is 858 g/mol. The van der Waals surface area contributed by atoms with Gasteiger partial charge in [0.15, 0.2) is 0 Å². The Morgan fingerprint density at radius 3 is 2.09 bits per heavy atom. The maximum absolute atomic E-state index is 16.7. The number of piperazine rings is 2. The van der Waals surface area contributed by atoms with Crippen molar-refractivity contribution in [3.8, 4) is 11.5 Å². The lowest BCUT2D eigenvalue weighted by Gasteiger charge is -2.71. The summed E-state index contributed by atoms with van der Waals surface area (Å²) in [6.07, 6.45) is 12.1. The lowest BCUT2D eigenvalue weighted by molar-refractivity contribution is -0.212. The fraction of sp³-hybridized carbons (Fsp3) is 0.558. The number of piperidine rings is 4. The lowest BCUT2D eigenvalue weighted by Crippen LogP contribution is -2.92. The van der Waals surface area contributed by atoms with Gasteiger partial charge in [-0.15, -0.1) is 0 Å². The summed E-state index contributed by atoms with van der Waals surface area (Å²) in [6, 6.07) is 7.44. The number of amides is 4. The van der Waals surface area contributed by atoms with Gasteiger partial charge in [0, 0.05) is 69.6 Å². The van der Waals surface area contributed by atoms with Crippen molar-refractivity contribution in [1.29, 1.82) is 0 Å². The predicted molar refractivity (Wildman–Crippen MR) is 238 cm³/mol. The Hall–Kier alpha value is -5.39. The van der Waals surface area contributed by atoms with Crippen molar-refractivity contribution >= 4 is 58.1 Å². The average Bonchev–Trinajstić information content (AvgIpc) is 4.06. The molecule has 328 valence electrons. The summed E-state index contributed by atoms with van der Waals surface area (Å²) in [5.74, 6) is -0.251. The smallest absolute Gasteiger partial charge is 0.251 e. The van der Waals surface area contributed by atoms with Crippen molar-refractivity contribution in [2.75, 3.05) is 13.1 Å². The maximum atomic E-state index is 16.7. The third kappa shape index (κ3) is 3.32. The first kappa shape index (κ1) is 36.9. The molecule has 10 fully saturated rings. The number of aromatic nitrogens is 1. The number of aromatic amines is 1. The van der Waals surface area contributed by atoms with Crippen LogP contribution in [-0.4, -0.2) is 102 Å². The van der Waals surface area contributed by atoms with Crippen LogP contribution in [0.15, 0.2) is 41.4 Å². The van der Waals surface area contributed by atoms with Gasteiger partial charge in [0.05, 0.1) is 22.7 Å². The highest BCUT2D eigenvalue weighted by Gasteiger charge is 2.93. The number of aliphatic imine (C=N–C) groups is 1. The van der Waals surface area contributed by atoms with Gasteiger partial charge in [-0.25, -0.2) is 0 Å². The van der Waals surface area contributed by atoms with Crippen LogP contribution < -0.4 is 14.8 Å². The van der Waals surface area contributed by atoms with Gasteiger partial charge < -0.3 is 34.5 Å². The van der Waals surface area contributed by atoms with Crippen LogP contribution in [0.1, 0.15) is 128 Å². The summed E-state index contributed by atoms with van der Waals surface area (Å²) in [5.41, 5.74) is -1.34. The summed E-state index contributed by atoms with van der Waals surface area (Å²) in [7, 11) is 0. The number of H-pyrrole nitrogens is 1. The van der Waals surface area contributed by atoms with Crippen LogP contribution in [0.2, 0.25) is 0 Å². The lowest BCUT2D eigenvalue weighted by atomic mass is 9.39. The summed E-state index contributed by atoms with van der Waals surface area (Å²) >= 11 is 0. The summed E-state index contributed by atoms with van der Waals surface area (Å²) in [4.78, 5) is 80.6. The molecule has 0 radical (unpaired) electrons. The Morgan fingerprint density at radius 2 is 1.36 bits per heavy atom. The molecule has 64 heavy (non-hydrogen) atoms. The molecule has 2 aliphatic carbocycles. The number of carbonyl (C=O) groups excluding carboxylic acids is 4. The molecule has 4 bridgehead atoms. The minimum atomic E-state index is -1.54. The van der Waals surface area contributed by atoms with E-state index in [1.54, 1.807) is 0 Å². The first-order chi connectivity index (χ1) is 30.2. The van der Waals surface area contributed by atoms with Crippen LogP contribution in [0, 0.1) is 17.3 Å². The Bertz CT molecular complexity index is 3030. The van der Waals surface area contributed by atoms with Crippen molar-refractivity contribution in [3.05, 3.63) is 64.4 Å². The van der Waals surface area contributed by atoms with Crippen molar-refractivity contribution in [3.63, 3.8) is 0 Å². The molecule has 4 amide bonds. The number of ether oxygens (including phenoxy) is 2. The highest BCUT2D eigenvalue weighted by Crippen LogP contribution is 2.81. The minimum Gasteiger partial charge on any atom is -0.483 e. The quantitative estimate of drug-likeness (QED) is 0.263. The average molecular weight is 859 g/mol. The second kappa shape index (κ2) is 10.0. The van der Waals surface area contributed by atoms with E-state index in [0.29, 0.717) is 38.8 Å². The van der Waals surface area contributed by atoms with E-state index < -0.39 is 67.5 Å². The third-order valence-electron chi connectivity index (χ3n) is 19.7. The summed E-state index contributed by atoms with van der Waals surface area (Å²) in [6.45, 7) is 18.2. The van der Waals surface area contributed by atoms with Gasteiger partial charge in [-0.1, -0.05) is 33.8 Å². The normalized spacial score (nSPS) is 41.2. The Balaban J connectivity index is 1.14. The molecule has 12 heteroatoms. The molecule has 3 aromatic rings. The summed E-state index contributed by atoms with van der Waals surface area (Å²) < 4.78 is 13.3. The molecule has 5 spiro atoms. The molecule has 9 saturated heterocycles. The predicted octanol–water partition coefficient (Wildman–Crippen LogP) is 6.57. The molecular weight excluding hydrogens is 805 g/mol. The van der Waals surface area contributed by atoms with Crippen LogP contribution in [-0.2, 0) is 30.0 Å². The number of benzene rings is 2. The highest BCUT2D eigenvalue weighted by molar-refractivity contribution is 6.20. The van der Waals surface area contributed by atoms with E-state index in [1.165, 1.54) is 0 Å². The molecule has 12 aliphatic heterocycles. The Labute approximate surface area is 371 Å². The van der Waals surface area contributed by atoms with Gasteiger partial charge in [-0.3, -0.25) is 24.2 Å². The zero-order valence-electron chi connectivity index (χ0n) is 37.8. The van der Waals surface area contributed by atoms with Gasteiger partial charge in [0.1, 0.15) is 44.9 Å². The molecule has 9 atom stereocenters. The number of hydrogen-bond acceptors (Lipinski definition) is 7. The molecule has 1 aromatic heterocycles. The molecular formula is C52H54N6O6. The van der Waals surface area contributed by atoms with Gasteiger partial charge in [-0.05, 0) is 120 Å². The fourth-order valence-electron chi connectivity index (χ4n) is 17.5. The maximum Gasteiger partial charge on any atom is 0.251 e. The molecule has 14 aliphatic rings. The Kier molecular flexibility index (Phi) is 5.79. The van der Waals surface area contributed by atoms with Crippen molar-refractivity contribution in [2.24, 2.45) is 22.2 Å². The molecule has 2 aromatic carbocycles. The van der Waals surface area contributed by atoms with Crippen LogP contribution in [0.5, 0.6) is 11.5 Å². The van der Waals surface area contributed by atoms with E-state index in [4.69, 9.17) is 14.5 Å². The molecule has 17 rings (SSSR count). The van der Waals surface area contributed by atoms with Gasteiger partial charge in [0.25, 0.3) is 5.91 Å². The van der Waals surface area contributed by atoms with E-state index in [2.05, 4.69) is 94.3 Å². The standard InChI is InChI=1S/C52H54N6O6/c1-44(2)19-15-25-29(63-44)13-11-27-33-36-50-28-12-14-30-26(16-20-45(3,4)64-30)35(28)54-38(50)47(7,8)31-23-48-17-9-21-56(48)42(61)51(31,55-40(48)59)39(50)58-41(60)49-18-10-22-57(49)43(62)52(36,58)32(24-49)46(5,6)37(33)53-34(25)27/h11-16,19-20,31-32,36,39,53H,9-10,17-18,21-24H2,1-8H3,(H,55,59)/t31-,32-,36+,39-,48-,49-,50-,51+,52+/m0/s1. The SMILES string of the molecule is CC1(C)C=Cc2c(ccc3c2N=C2C(C)(C)[C@@H]4C[C@]56CCCN5C(=O)[C@]4(NC6=O)[C@H]4N5C(=O)[C@@]67CCCN6C(=O)[C@@]56[C@H](c5c([nH]c8c9c(ccc58)OC(C)(C)C=C9)C(C)(C)[C@@H]6C7)[C@]234)O1. The molecule has 12 nitrogen and oxygen atoms in total.